The maximum Gasteiger partial charge on any atom is 0.406 e. The number of halogens is 3. The van der Waals surface area contributed by atoms with Crippen molar-refractivity contribution in [2.45, 2.75) is 45.3 Å². The van der Waals surface area contributed by atoms with E-state index in [0.29, 0.717) is 4.90 Å². The largest absolute Gasteiger partial charge is 0.481 e. The minimum absolute atomic E-state index is 0.0801. The first-order valence-electron chi connectivity index (χ1n) is 6.74. The molecule has 2 amide bonds. The van der Waals surface area contributed by atoms with E-state index in [4.69, 9.17) is 5.11 Å². The van der Waals surface area contributed by atoms with Gasteiger partial charge in [-0.1, -0.05) is 13.8 Å². The molecule has 9 heteroatoms. The Hall–Kier alpha value is -1.80. The van der Waals surface area contributed by atoms with Gasteiger partial charge in [0.05, 0.1) is 12.5 Å². The first-order chi connectivity index (χ1) is 9.88. The molecule has 0 unspecified atom stereocenters. The quantitative estimate of drug-likeness (QED) is 0.767. The Labute approximate surface area is 125 Å². The fraction of sp³-hybridized carbons (Fsp3) is 0.769. The third-order valence-electron chi connectivity index (χ3n) is 3.22. The number of aliphatic carboxylic acids is 1. The summed E-state index contributed by atoms with van der Waals surface area (Å²) in [4.78, 5) is 34.6. The molecular weight excluding hydrogens is 305 g/mol. The molecule has 22 heavy (non-hydrogen) atoms. The zero-order valence-electron chi connectivity index (χ0n) is 12.4. The fourth-order valence-corrected chi connectivity index (χ4v) is 2.42. The van der Waals surface area contributed by atoms with Gasteiger partial charge in [-0.15, -0.1) is 0 Å². The molecule has 0 radical (unpaired) electrons. The van der Waals surface area contributed by atoms with Crippen molar-refractivity contribution in [3.63, 3.8) is 0 Å². The number of likely N-dealkylation sites (tertiary alicyclic amines) is 1. The van der Waals surface area contributed by atoms with Crippen molar-refractivity contribution in [1.29, 1.82) is 0 Å². The summed E-state index contributed by atoms with van der Waals surface area (Å²) in [5.74, 6) is -2.17. The molecule has 0 aromatic rings. The Balaban J connectivity index is 2.50. The summed E-state index contributed by atoms with van der Waals surface area (Å²) in [6, 6.07) is -0.678. The van der Waals surface area contributed by atoms with Gasteiger partial charge in [0, 0.05) is 19.4 Å². The maximum absolute atomic E-state index is 12.3. The smallest absolute Gasteiger partial charge is 0.406 e. The number of nitrogens with zero attached hydrogens (tertiary/aromatic N) is 1. The van der Waals surface area contributed by atoms with E-state index < -0.39 is 42.0 Å². The third-order valence-corrected chi connectivity index (χ3v) is 3.22. The number of carbonyl (C=O) groups is 3. The lowest BCUT2D eigenvalue weighted by Crippen LogP contribution is -2.41. The van der Waals surface area contributed by atoms with Crippen molar-refractivity contribution in [1.82, 2.24) is 10.2 Å². The van der Waals surface area contributed by atoms with Crippen LogP contribution >= 0.6 is 0 Å². The molecule has 1 aliphatic heterocycles. The van der Waals surface area contributed by atoms with Gasteiger partial charge in [0.25, 0.3) is 0 Å². The molecule has 0 saturated carbocycles. The second kappa shape index (κ2) is 6.53. The van der Waals surface area contributed by atoms with Crippen LogP contribution in [0.5, 0.6) is 0 Å². The fourth-order valence-electron chi connectivity index (χ4n) is 2.42. The van der Waals surface area contributed by atoms with Crippen LogP contribution in [0.3, 0.4) is 0 Å². The predicted molar refractivity (Wildman–Crippen MR) is 69.8 cm³/mol. The van der Waals surface area contributed by atoms with Crippen molar-refractivity contribution < 1.29 is 32.7 Å². The lowest BCUT2D eigenvalue weighted by molar-refractivity contribution is -0.157. The Morgan fingerprint density at radius 1 is 1.32 bits per heavy atom. The summed E-state index contributed by atoms with van der Waals surface area (Å²) in [6.07, 6.45) is -4.94. The molecular formula is C13H19F3N2O4. The monoisotopic (exact) mass is 324 g/mol. The molecule has 0 bridgehead atoms. The predicted octanol–water partition coefficient (Wildman–Crippen LogP) is 1.16. The number of hydrogen-bond donors (Lipinski definition) is 2. The average Bonchev–Trinajstić information content (AvgIpc) is 2.52. The molecule has 1 fully saturated rings. The Kier molecular flexibility index (Phi) is 5.42. The van der Waals surface area contributed by atoms with E-state index in [1.807, 2.05) is 0 Å². The van der Waals surface area contributed by atoms with Crippen LogP contribution in [0.2, 0.25) is 0 Å². The van der Waals surface area contributed by atoms with E-state index in [1.165, 1.54) is 0 Å². The molecule has 0 aromatic carbocycles. The molecule has 1 atom stereocenters. The highest BCUT2D eigenvalue weighted by Gasteiger charge is 2.39. The number of carboxylic acid groups (broad SMARTS) is 1. The first kappa shape index (κ1) is 18.2. The summed E-state index contributed by atoms with van der Waals surface area (Å²) in [7, 11) is 0. The van der Waals surface area contributed by atoms with Crippen molar-refractivity contribution in [2.75, 3.05) is 13.1 Å². The molecule has 1 rings (SSSR count). The Bertz CT molecular complexity index is 463. The van der Waals surface area contributed by atoms with Gasteiger partial charge in [0.15, 0.2) is 0 Å². The summed E-state index contributed by atoms with van der Waals surface area (Å²) in [6.45, 7) is 1.69. The van der Waals surface area contributed by atoms with Gasteiger partial charge in [0.2, 0.25) is 11.8 Å². The number of nitrogens with one attached hydrogen (secondary N) is 1. The zero-order chi connectivity index (χ0) is 17.1. The number of rotatable bonds is 6. The topological polar surface area (TPSA) is 86.7 Å². The van der Waals surface area contributed by atoms with E-state index in [-0.39, 0.29) is 25.8 Å². The lowest BCUT2D eigenvalue weighted by atomic mass is 9.85. The molecule has 6 nitrogen and oxygen atoms in total. The van der Waals surface area contributed by atoms with Gasteiger partial charge in [0.1, 0.15) is 6.54 Å². The van der Waals surface area contributed by atoms with Gasteiger partial charge in [-0.3, -0.25) is 14.4 Å². The number of alkyl halides is 3. The lowest BCUT2D eigenvalue weighted by Gasteiger charge is -2.23. The molecule has 0 aliphatic carbocycles. The Morgan fingerprint density at radius 2 is 1.91 bits per heavy atom. The highest BCUT2D eigenvalue weighted by Crippen LogP contribution is 2.25. The molecule has 126 valence electrons. The second-order valence-corrected chi connectivity index (χ2v) is 6.27. The van der Waals surface area contributed by atoms with Crippen molar-refractivity contribution in [3.05, 3.63) is 0 Å². The van der Waals surface area contributed by atoms with E-state index in [1.54, 1.807) is 13.8 Å². The van der Waals surface area contributed by atoms with Crippen LogP contribution < -0.4 is 5.32 Å². The van der Waals surface area contributed by atoms with Crippen LogP contribution in [-0.4, -0.2) is 53.1 Å². The minimum atomic E-state index is -4.47. The van der Waals surface area contributed by atoms with Crippen LogP contribution in [0.4, 0.5) is 13.2 Å². The normalized spacial score (nSPS) is 19.4. The van der Waals surface area contributed by atoms with Gasteiger partial charge in [-0.25, -0.2) is 0 Å². The summed E-state index contributed by atoms with van der Waals surface area (Å²) in [5.41, 5.74) is -0.774. The van der Waals surface area contributed by atoms with Crippen LogP contribution in [0.15, 0.2) is 0 Å². The highest BCUT2D eigenvalue weighted by molar-refractivity contribution is 5.82. The summed E-state index contributed by atoms with van der Waals surface area (Å²) in [5, 5.41) is 11.2. The minimum Gasteiger partial charge on any atom is -0.481 e. The van der Waals surface area contributed by atoms with Gasteiger partial charge < -0.3 is 15.3 Å². The van der Waals surface area contributed by atoms with Crippen LogP contribution in [0, 0.1) is 5.41 Å². The Morgan fingerprint density at radius 3 is 2.41 bits per heavy atom. The average molecular weight is 324 g/mol. The molecule has 0 aromatic heterocycles. The van der Waals surface area contributed by atoms with E-state index >= 15 is 0 Å². The van der Waals surface area contributed by atoms with Gasteiger partial charge in [-0.2, -0.15) is 13.2 Å². The van der Waals surface area contributed by atoms with Gasteiger partial charge in [-0.05, 0) is 5.41 Å². The van der Waals surface area contributed by atoms with E-state index in [2.05, 4.69) is 5.32 Å². The molecule has 1 saturated heterocycles. The summed E-state index contributed by atoms with van der Waals surface area (Å²) >= 11 is 0. The van der Waals surface area contributed by atoms with Crippen LogP contribution in [0.1, 0.15) is 33.1 Å². The molecule has 0 spiro atoms. The van der Waals surface area contributed by atoms with Gasteiger partial charge >= 0.3 is 12.1 Å². The first-order valence-corrected chi connectivity index (χ1v) is 6.74. The van der Waals surface area contributed by atoms with E-state index in [9.17, 15) is 27.6 Å². The zero-order valence-corrected chi connectivity index (χ0v) is 12.4. The number of hydrogen-bond acceptors (Lipinski definition) is 3. The SMILES string of the molecule is CC(C)(CC(=O)O)CC(=O)N[C@@H]1CC(=O)N(CC(F)(F)F)C1. The number of amides is 2. The summed E-state index contributed by atoms with van der Waals surface area (Å²) < 4.78 is 36.8. The molecule has 1 aliphatic rings. The number of carbonyl (C=O) groups excluding carboxylic acids is 2. The second-order valence-electron chi connectivity index (χ2n) is 6.27. The number of carboxylic acids is 1. The van der Waals surface area contributed by atoms with Crippen molar-refractivity contribution in [2.24, 2.45) is 5.41 Å². The third kappa shape index (κ3) is 6.31. The molecule has 2 N–H and O–H groups in total. The molecule has 1 heterocycles. The van der Waals surface area contributed by atoms with Crippen molar-refractivity contribution >= 4 is 17.8 Å². The van der Waals surface area contributed by atoms with Crippen LogP contribution in [0.25, 0.3) is 0 Å². The van der Waals surface area contributed by atoms with Crippen molar-refractivity contribution in [3.8, 4) is 0 Å². The maximum atomic E-state index is 12.3. The van der Waals surface area contributed by atoms with E-state index in [0.717, 1.165) is 0 Å². The highest BCUT2D eigenvalue weighted by atomic mass is 19.4. The van der Waals surface area contributed by atoms with Crippen LogP contribution in [-0.2, 0) is 14.4 Å². The standard InChI is InChI=1S/C13H19F3N2O4/c1-12(2,5-11(21)22)4-9(19)17-8-3-10(20)18(6-8)7-13(14,15)16/h8H,3-7H2,1-2H3,(H,17,19)(H,21,22)/t8-/m1/s1.